The quantitative estimate of drug-likeness (QED) is 0.676. The third-order valence-electron chi connectivity index (χ3n) is 6.36. The number of rotatable bonds is 7. The number of carbonyl (C=O) groups excluding carboxylic acids is 1. The minimum atomic E-state index is 0. The number of hydrogen-bond acceptors (Lipinski definition) is 3. The molecule has 0 aromatic carbocycles. The smallest absolute Gasteiger partial charge is 0.220 e. The number of amides is 1. The van der Waals surface area contributed by atoms with Gasteiger partial charge in [0.1, 0.15) is 0 Å². The van der Waals surface area contributed by atoms with Crippen LogP contribution in [0.25, 0.3) is 0 Å². The standard InChI is InChI=1S/C20H37N3O.2ClH/c1-15(2)5-8-23-9-6-16(7-10-23)14-21-20(24)13-17-11-18-3-4-19(12-17)22-18;;/h15-19,22H,3-14H2,1-2H3,(H,21,24);2*1H. The molecule has 0 spiro atoms. The largest absolute Gasteiger partial charge is 0.356 e. The first kappa shape index (κ1) is 24.0. The molecule has 0 radical (unpaired) electrons. The van der Waals surface area contributed by atoms with E-state index in [0.29, 0.717) is 29.8 Å². The summed E-state index contributed by atoms with van der Waals surface area (Å²) in [6.45, 7) is 9.17. The van der Waals surface area contributed by atoms with E-state index in [-0.39, 0.29) is 24.8 Å². The average Bonchev–Trinajstić information content (AvgIpc) is 2.90. The monoisotopic (exact) mass is 407 g/mol. The van der Waals surface area contributed by atoms with Crippen molar-refractivity contribution < 1.29 is 4.79 Å². The molecule has 2 bridgehead atoms. The number of hydrogen-bond donors (Lipinski definition) is 2. The number of fused-ring (bicyclic) bond motifs is 2. The zero-order chi connectivity index (χ0) is 16.9. The van der Waals surface area contributed by atoms with Crippen LogP contribution in [-0.2, 0) is 4.79 Å². The number of carbonyl (C=O) groups is 1. The van der Waals surface area contributed by atoms with Crippen LogP contribution in [0.15, 0.2) is 0 Å². The fourth-order valence-corrected chi connectivity index (χ4v) is 4.79. The number of halogens is 2. The Labute approximate surface area is 172 Å². The minimum Gasteiger partial charge on any atom is -0.356 e. The number of piperidine rings is 2. The van der Waals surface area contributed by atoms with Gasteiger partial charge in [-0.05, 0) is 82.3 Å². The molecular weight excluding hydrogens is 369 g/mol. The van der Waals surface area contributed by atoms with Gasteiger partial charge in [0.25, 0.3) is 0 Å². The van der Waals surface area contributed by atoms with E-state index in [9.17, 15) is 4.79 Å². The van der Waals surface area contributed by atoms with Crippen LogP contribution < -0.4 is 10.6 Å². The zero-order valence-corrected chi connectivity index (χ0v) is 18.2. The Balaban J connectivity index is 0.00000169. The molecule has 3 aliphatic heterocycles. The molecule has 26 heavy (non-hydrogen) atoms. The van der Waals surface area contributed by atoms with Crippen LogP contribution in [-0.4, -0.2) is 49.1 Å². The van der Waals surface area contributed by atoms with Gasteiger partial charge in [-0.1, -0.05) is 13.8 Å². The van der Waals surface area contributed by atoms with Crippen LogP contribution >= 0.6 is 24.8 Å². The van der Waals surface area contributed by atoms with Crippen LogP contribution in [0.1, 0.15) is 65.2 Å². The fraction of sp³-hybridized carbons (Fsp3) is 0.950. The van der Waals surface area contributed by atoms with Gasteiger partial charge in [-0.2, -0.15) is 0 Å². The summed E-state index contributed by atoms with van der Waals surface area (Å²) < 4.78 is 0. The van der Waals surface area contributed by atoms with Gasteiger partial charge in [0, 0.05) is 25.0 Å². The predicted octanol–water partition coefficient (Wildman–Crippen LogP) is 3.63. The van der Waals surface area contributed by atoms with Crippen LogP contribution in [0, 0.1) is 17.8 Å². The molecular formula is C20H39Cl2N3O. The Kier molecular flexibility index (Phi) is 10.8. The highest BCUT2D eigenvalue weighted by Gasteiger charge is 2.34. The molecule has 3 rings (SSSR count). The van der Waals surface area contributed by atoms with E-state index in [1.54, 1.807) is 0 Å². The molecule has 2 unspecified atom stereocenters. The molecule has 0 aromatic rings. The zero-order valence-electron chi connectivity index (χ0n) is 16.5. The topological polar surface area (TPSA) is 44.4 Å². The average molecular weight is 408 g/mol. The van der Waals surface area contributed by atoms with E-state index >= 15 is 0 Å². The maximum Gasteiger partial charge on any atom is 0.220 e. The molecule has 0 aromatic heterocycles. The molecule has 3 fully saturated rings. The maximum atomic E-state index is 12.3. The second-order valence-electron chi connectivity index (χ2n) is 8.95. The van der Waals surface area contributed by atoms with E-state index in [2.05, 4.69) is 29.4 Å². The number of nitrogens with one attached hydrogen (secondary N) is 2. The molecule has 154 valence electrons. The molecule has 3 aliphatic rings. The van der Waals surface area contributed by atoms with Crippen molar-refractivity contribution in [3.8, 4) is 0 Å². The third kappa shape index (κ3) is 7.53. The molecule has 3 saturated heterocycles. The Morgan fingerprint density at radius 1 is 1.04 bits per heavy atom. The van der Waals surface area contributed by atoms with Crippen molar-refractivity contribution in [1.82, 2.24) is 15.5 Å². The van der Waals surface area contributed by atoms with Crippen molar-refractivity contribution in [2.75, 3.05) is 26.2 Å². The van der Waals surface area contributed by atoms with Gasteiger partial charge in [-0.15, -0.1) is 24.8 Å². The third-order valence-corrected chi connectivity index (χ3v) is 6.36. The fourth-order valence-electron chi connectivity index (χ4n) is 4.79. The molecule has 4 nitrogen and oxygen atoms in total. The lowest BCUT2D eigenvalue weighted by molar-refractivity contribution is -0.122. The van der Waals surface area contributed by atoms with E-state index in [4.69, 9.17) is 0 Å². The summed E-state index contributed by atoms with van der Waals surface area (Å²) in [5, 5.41) is 6.90. The van der Waals surface area contributed by atoms with Gasteiger partial charge < -0.3 is 15.5 Å². The Bertz CT molecular complexity index is 402. The van der Waals surface area contributed by atoms with Gasteiger partial charge in [0.05, 0.1) is 0 Å². The van der Waals surface area contributed by atoms with E-state index in [1.807, 2.05) is 0 Å². The van der Waals surface area contributed by atoms with Gasteiger partial charge in [0.15, 0.2) is 0 Å². The van der Waals surface area contributed by atoms with Crippen molar-refractivity contribution in [3.63, 3.8) is 0 Å². The van der Waals surface area contributed by atoms with E-state index < -0.39 is 0 Å². The Morgan fingerprint density at radius 3 is 2.23 bits per heavy atom. The highest BCUT2D eigenvalue weighted by atomic mass is 35.5. The summed E-state index contributed by atoms with van der Waals surface area (Å²) in [5.41, 5.74) is 0. The first-order valence-electron chi connectivity index (χ1n) is 10.3. The van der Waals surface area contributed by atoms with Gasteiger partial charge in [-0.3, -0.25) is 4.79 Å². The summed E-state index contributed by atoms with van der Waals surface area (Å²) in [6, 6.07) is 1.38. The van der Waals surface area contributed by atoms with E-state index in [1.165, 1.54) is 64.6 Å². The Hall–Kier alpha value is -0.0300. The second kappa shape index (κ2) is 11.7. The molecule has 2 atom stereocenters. The molecule has 0 saturated carbocycles. The lowest BCUT2D eigenvalue weighted by atomic mass is 9.89. The first-order valence-corrected chi connectivity index (χ1v) is 10.3. The molecule has 1 amide bonds. The van der Waals surface area contributed by atoms with Crippen LogP contribution in [0.3, 0.4) is 0 Å². The minimum absolute atomic E-state index is 0. The van der Waals surface area contributed by atoms with Crippen molar-refractivity contribution in [1.29, 1.82) is 0 Å². The maximum absolute atomic E-state index is 12.3. The molecule has 0 aliphatic carbocycles. The van der Waals surface area contributed by atoms with Crippen LogP contribution in [0.2, 0.25) is 0 Å². The van der Waals surface area contributed by atoms with Gasteiger partial charge in [-0.25, -0.2) is 0 Å². The highest BCUT2D eigenvalue weighted by Crippen LogP contribution is 2.32. The van der Waals surface area contributed by atoms with Crippen molar-refractivity contribution in [2.24, 2.45) is 17.8 Å². The lowest BCUT2D eigenvalue weighted by Gasteiger charge is -2.32. The summed E-state index contributed by atoms with van der Waals surface area (Å²) in [5.74, 6) is 2.39. The highest BCUT2D eigenvalue weighted by molar-refractivity contribution is 5.85. The number of likely N-dealkylation sites (tertiary alicyclic amines) is 1. The predicted molar refractivity (Wildman–Crippen MR) is 113 cm³/mol. The van der Waals surface area contributed by atoms with Crippen LogP contribution in [0.4, 0.5) is 0 Å². The van der Waals surface area contributed by atoms with Crippen LogP contribution in [0.5, 0.6) is 0 Å². The molecule has 2 N–H and O–H groups in total. The number of nitrogens with zero attached hydrogens (tertiary/aromatic N) is 1. The summed E-state index contributed by atoms with van der Waals surface area (Å²) in [7, 11) is 0. The summed E-state index contributed by atoms with van der Waals surface area (Å²) >= 11 is 0. The van der Waals surface area contributed by atoms with Gasteiger partial charge >= 0.3 is 0 Å². The van der Waals surface area contributed by atoms with Crippen molar-refractivity contribution >= 4 is 30.7 Å². The first-order chi connectivity index (χ1) is 11.6. The Morgan fingerprint density at radius 2 is 1.65 bits per heavy atom. The second-order valence-corrected chi connectivity index (χ2v) is 8.95. The summed E-state index contributed by atoms with van der Waals surface area (Å²) in [4.78, 5) is 14.9. The van der Waals surface area contributed by atoms with Crippen molar-refractivity contribution in [3.05, 3.63) is 0 Å². The SMILES string of the molecule is CC(C)CCN1CCC(CNC(=O)CC2CC3CCC(C2)N3)CC1.Cl.Cl. The molecule has 6 heteroatoms. The molecule has 3 heterocycles. The van der Waals surface area contributed by atoms with E-state index in [0.717, 1.165) is 18.9 Å². The summed E-state index contributed by atoms with van der Waals surface area (Å²) in [6.07, 6.45) is 9.60. The normalized spacial score (nSPS) is 29.1. The van der Waals surface area contributed by atoms with Crippen molar-refractivity contribution in [2.45, 2.75) is 77.3 Å². The lowest BCUT2D eigenvalue weighted by Crippen LogP contribution is -2.41. The van der Waals surface area contributed by atoms with Gasteiger partial charge in [0.2, 0.25) is 5.91 Å².